The Kier molecular flexibility index (Phi) is 6.02. The van der Waals surface area contributed by atoms with Gasteiger partial charge < -0.3 is 14.2 Å². The lowest BCUT2D eigenvalue weighted by Gasteiger charge is -2.08. The van der Waals surface area contributed by atoms with E-state index in [2.05, 4.69) is 0 Å². The SMILES string of the molecule is CCOC(=O)c1c2ccc(C)cc(C)c-2c(C(=O)OCC)c1OCC. The van der Waals surface area contributed by atoms with Crippen LogP contribution in [-0.2, 0) is 9.47 Å². The normalized spacial score (nSPS) is 10.6. The third-order valence-corrected chi connectivity index (χ3v) is 3.84. The van der Waals surface area contributed by atoms with E-state index in [-0.39, 0.29) is 30.1 Å². The molecule has 0 saturated heterocycles. The lowest BCUT2D eigenvalue weighted by atomic mass is 10.0. The summed E-state index contributed by atoms with van der Waals surface area (Å²) in [6.07, 6.45) is 0. The van der Waals surface area contributed by atoms with E-state index in [0.29, 0.717) is 17.7 Å². The van der Waals surface area contributed by atoms with Gasteiger partial charge in [-0.1, -0.05) is 23.8 Å². The molecular formula is C20H24O5. The Hall–Kier alpha value is -2.56. The first-order valence-corrected chi connectivity index (χ1v) is 8.50. The molecule has 0 saturated carbocycles. The molecule has 134 valence electrons. The zero-order valence-corrected chi connectivity index (χ0v) is 15.4. The summed E-state index contributed by atoms with van der Waals surface area (Å²) in [5, 5.41) is 0. The Balaban J connectivity index is 2.89. The van der Waals surface area contributed by atoms with Crippen molar-refractivity contribution in [3.63, 3.8) is 0 Å². The van der Waals surface area contributed by atoms with Crippen LogP contribution < -0.4 is 4.74 Å². The molecule has 0 aromatic rings. The molecule has 0 aromatic heterocycles. The Labute approximate surface area is 148 Å². The molecule has 0 bridgehead atoms. The van der Waals surface area contributed by atoms with Gasteiger partial charge in [-0.05, 0) is 40.2 Å². The zero-order chi connectivity index (χ0) is 18.6. The highest BCUT2D eigenvalue weighted by Gasteiger charge is 2.34. The van der Waals surface area contributed by atoms with Gasteiger partial charge in [-0.25, -0.2) is 9.59 Å². The number of hydrogen-bond donors (Lipinski definition) is 0. The average Bonchev–Trinajstić information content (AvgIpc) is 2.80. The van der Waals surface area contributed by atoms with E-state index in [4.69, 9.17) is 14.2 Å². The number of carbonyl (C=O) groups excluding carboxylic acids is 2. The van der Waals surface area contributed by atoms with Crippen LogP contribution in [0.4, 0.5) is 0 Å². The molecule has 5 heteroatoms. The van der Waals surface area contributed by atoms with Gasteiger partial charge in [0.05, 0.1) is 19.8 Å². The second kappa shape index (κ2) is 8.01. The second-order valence-corrected chi connectivity index (χ2v) is 5.65. The molecule has 0 aliphatic heterocycles. The molecule has 0 heterocycles. The Bertz CT molecular complexity index is 763. The average molecular weight is 344 g/mol. The highest BCUT2D eigenvalue weighted by molar-refractivity contribution is 6.13. The first-order chi connectivity index (χ1) is 12.0. The first-order valence-electron chi connectivity index (χ1n) is 8.50. The fourth-order valence-corrected chi connectivity index (χ4v) is 2.97. The van der Waals surface area contributed by atoms with E-state index in [0.717, 1.165) is 11.1 Å². The number of ether oxygens (including phenoxy) is 3. The molecule has 0 spiro atoms. The minimum Gasteiger partial charge on any atom is -0.492 e. The van der Waals surface area contributed by atoms with E-state index in [1.807, 2.05) is 32.0 Å². The first kappa shape index (κ1) is 18.8. The predicted molar refractivity (Wildman–Crippen MR) is 95.6 cm³/mol. The predicted octanol–water partition coefficient (Wildman–Crippen LogP) is 4.16. The maximum atomic E-state index is 12.6. The number of esters is 2. The summed E-state index contributed by atoms with van der Waals surface area (Å²) in [4.78, 5) is 25.2. The van der Waals surface area contributed by atoms with Gasteiger partial charge in [-0.3, -0.25) is 0 Å². The van der Waals surface area contributed by atoms with E-state index in [1.54, 1.807) is 20.8 Å². The maximum Gasteiger partial charge on any atom is 0.342 e. The van der Waals surface area contributed by atoms with Gasteiger partial charge in [-0.2, -0.15) is 0 Å². The molecular weight excluding hydrogens is 320 g/mol. The topological polar surface area (TPSA) is 61.8 Å². The van der Waals surface area contributed by atoms with Gasteiger partial charge in [0.1, 0.15) is 16.9 Å². The van der Waals surface area contributed by atoms with Crippen molar-refractivity contribution in [1.82, 2.24) is 0 Å². The van der Waals surface area contributed by atoms with Crippen LogP contribution in [0, 0.1) is 13.8 Å². The van der Waals surface area contributed by atoms with Crippen LogP contribution in [0.1, 0.15) is 52.6 Å². The van der Waals surface area contributed by atoms with Gasteiger partial charge >= 0.3 is 11.9 Å². The molecule has 2 rings (SSSR count). The molecule has 0 aromatic carbocycles. The van der Waals surface area contributed by atoms with Crippen LogP contribution in [0.2, 0.25) is 0 Å². The Morgan fingerprint density at radius 3 is 2.04 bits per heavy atom. The molecule has 2 aliphatic rings. The molecule has 2 aliphatic carbocycles. The summed E-state index contributed by atoms with van der Waals surface area (Å²) in [5.41, 5.74) is 3.76. The fraction of sp³-hybridized carbons (Fsp3) is 0.400. The maximum absolute atomic E-state index is 12.6. The van der Waals surface area contributed by atoms with Crippen LogP contribution >= 0.6 is 0 Å². The summed E-state index contributed by atoms with van der Waals surface area (Å²) in [6.45, 7) is 9.95. The molecule has 0 atom stereocenters. The van der Waals surface area contributed by atoms with Gasteiger partial charge in [-0.15, -0.1) is 0 Å². The quantitative estimate of drug-likeness (QED) is 0.736. The highest BCUT2D eigenvalue weighted by Crippen LogP contribution is 2.44. The molecule has 0 fully saturated rings. The highest BCUT2D eigenvalue weighted by atomic mass is 16.5. The van der Waals surface area contributed by atoms with Crippen molar-refractivity contribution >= 4 is 11.9 Å². The number of carbonyl (C=O) groups is 2. The van der Waals surface area contributed by atoms with E-state index in [1.165, 1.54) is 0 Å². The fourth-order valence-electron chi connectivity index (χ4n) is 2.97. The zero-order valence-electron chi connectivity index (χ0n) is 15.4. The minimum atomic E-state index is -0.505. The minimum absolute atomic E-state index is 0.237. The summed E-state index contributed by atoms with van der Waals surface area (Å²) in [6, 6.07) is 5.70. The van der Waals surface area contributed by atoms with E-state index in [9.17, 15) is 9.59 Å². The third-order valence-electron chi connectivity index (χ3n) is 3.84. The number of hydrogen-bond acceptors (Lipinski definition) is 5. The van der Waals surface area contributed by atoms with Crippen LogP contribution in [0.5, 0.6) is 5.75 Å². The van der Waals surface area contributed by atoms with Crippen LogP contribution in [0.25, 0.3) is 11.1 Å². The van der Waals surface area contributed by atoms with Gasteiger partial charge in [0.25, 0.3) is 0 Å². The van der Waals surface area contributed by atoms with Crippen molar-refractivity contribution in [1.29, 1.82) is 0 Å². The van der Waals surface area contributed by atoms with Crippen molar-refractivity contribution in [3.8, 4) is 16.9 Å². The van der Waals surface area contributed by atoms with Crippen molar-refractivity contribution in [2.75, 3.05) is 19.8 Å². The molecule has 5 nitrogen and oxygen atoms in total. The molecule has 0 radical (unpaired) electrons. The molecule has 0 unspecified atom stereocenters. The van der Waals surface area contributed by atoms with Crippen molar-refractivity contribution in [2.24, 2.45) is 0 Å². The van der Waals surface area contributed by atoms with Crippen LogP contribution in [-0.4, -0.2) is 31.8 Å². The lowest BCUT2D eigenvalue weighted by molar-refractivity contribution is 0.0522. The molecule has 25 heavy (non-hydrogen) atoms. The summed E-state index contributed by atoms with van der Waals surface area (Å²) in [5.74, 6) is -0.769. The van der Waals surface area contributed by atoms with Crippen LogP contribution in [0.15, 0.2) is 18.2 Å². The summed E-state index contributed by atoms with van der Waals surface area (Å²) in [7, 11) is 0. The van der Waals surface area contributed by atoms with Gasteiger partial charge in [0.15, 0.2) is 0 Å². The van der Waals surface area contributed by atoms with E-state index < -0.39 is 11.9 Å². The van der Waals surface area contributed by atoms with E-state index >= 15 is 0 Å². The Morgan fingerprint density at radius 2 is 1.48 bits per heavy atom. The smallest absolute Gasteiger partial charge is 0.342 e. The summed E-state index contributed by atoms with van der Waals surface area (Å²) >= 11 is 0. The second-order valence-electron chi connectivity index (χ2n) is 5.65. The summed E-state index contributed by atoms with van der Waals surface area (Å²) < 4.78 is 16.1. The van der Waals surface area contributed by atoms with Gasteiger partial charge in [0.2, 0.25) is 0 Å². The largest absolute Gasteiger partial charge is 0.492 e. The standard InChI is InChI=1S/C20H24O5/c1-6-23-18-16(19(21)24-7-2)14-10-9-12(4)11-13(5)15(14)17(18)20(22)25-8-3/h9-11H,6-8H2,1-5H3. The number of aryl methyl sites for hydroxylation is 2. The molecule has 0 N–H and O–H groups in total. The van der Waals surface area contributed by atoms with Crippen molar-refractivity contribution < 1.29 is 23.8 Å². The van der Waals surface area contributed by atoms with Crippen molar-refractivity contribution in [2.45, 2.75) is 34.6 Å². The number of fused-ring (bicyclic) bond motifs is 1. The monoisotopic (exact) mass is 344 g/mol. The number of rotatable bonds is 6. The molecule has 0 amide bonds. The van der Waals surface area contributed by atoms with Crippen LogP contribution in [0.3, 0.4) is 0 Å². The third kappa shape index (κ3) is 3.60. The van der Waals surface area contributed by atoms with Crippen molar-refractivity contribution in [3.05, 3.63) is 40.5 Å². The lowest BCUT2D eigenvalue weighted by Crippen LogP contribution is -2.10. The Morgan fingerprint density at radius 1 is 0.880 bits per heavy atom. The van der Waals surface area contributed by atoms with Gasteiger partial charge in [0, 0.05) is 11.1 Å².